The maximum Gasteiger partial charge on any atom is 0.211 e. The van der Waals surface area contributed by atoms with Crippen molar-refractivity contribution in [2.24, 2.45) is 4.99 Å². The number of benzene rings is 2. The van der Waals surface area contributed by atoms with Crippen LogP contribution in [0.1, 0.15) is 21.5 Å². The largest absolute Gasteiger partial charge is 0.508 e. The van der Waals surface area contributed by atoms with Crippen molar-refractivity contribution in [1.82, 2.24) is 0 Å². The van der Waals surface area contributed by atoms with Crippen molar-refractivity contribution < 1.29 is 19.7 Å². The molecule has 5 heteroatoms. The number of carbonyl (C=O) groups excluding carboxylic acids is 1. The molecule has 0 atom stereocenters. The standard InChI is InChI=1S/C17H15NO4/c1-22-15-8-11-6-7-18-16(13(11)9-14(15)20)17(21)10-2-4-12(19)5-3-10/h2-5,8-9,19-20H,6-7H2,1H3. The predicted molar refractivity (Wildman–Crippen MR) is 82.2 cm³/mol. The summed E-state index contributed by atoms with van der Waals surface area (Å²) >= 11 is 0. The molecule has 1 heterocycles. The van der Waals surface area contributed by atoms with Gasteiger partial charge in [0.25, 0.3) is 0 Å². The van der Waals surface area contributed by atoms with Crippen LogP contribution in [-0.2, 0) is 6.42 Å². The average Bonchev–Trinajstić information content (AvgIpc) is 2.53. The highest BCUT2D eigenvalue weighted by atomic mass is 16.5. The minimum absolute atomic E-state index is 0.0191. The number of nitrogens with zero attached hydrogens (tertiary/aromatic N) is 1. The number of rotatable bonds is 3. The fourth-order valence-corrected chi connectivity index (χ4v) is 2.52. The number of aromatic hydroxyl groups is 2. The van der Waals surface area contributed by atoms with E-state index in [0.717, 1.165) is 5.56 Å². The molecule has 1 aliphatic heterocycles. The van der Waals surface area contributed by atoms with Crippen molar-refractivity contribution in [2.45, 2.75) is 6.42 Å². The smallest absolute Gasteiger partial charge is 0.211 e. The van der Waals surface area contributed by atoms with Crippen LogP contribution in [0.2, 0.25) is 0 Å². The molecule has 0 spiro atoms. The minimum Gasteiger partial charge on any atom is -0.508 e. The Morgan fingerprint density at radius 2 is 1.91 bits per heavy atom. The predicted octanol–water partition coefficient (Wildman–Crippen LogP) is 2.33. The van der Waals surface area contributed by atoms with E-state index >= 15 is 0 Å². The zero-order chi connectivity index (χ0) is 15.7. The molecule has 0 bridgehead atoms. The van der Waals surface area contributed by atoms with Gasteiger partial charge in [-0.3, -0.25) is 9.79 Å². The van der Waals surface area contributed by atoms with E-state index in [0.29, 0.717) is 35.6 Å². The summed E-state index contributed by atoms with van der Waals surface area (Å²) in [5.74, 6) is 0.238. The Kier molecular flexibility index (Phi) is 3.55. The van der Waals surface area contributed by atoms with E-state index in [2.05, 4.69) is 4.99 Å². The zero-order valence-corrected chi connectivity index (χ0v) is 12.0. The van der Waals surface area contributed by atoms with Gasteiger partial charge in [0, 0.05) is 17.7 Å². The van der Waals surface area contributed by atoms with Gasteiger partial charge in [-0.2, -0.15) is 0 Å². The number of hydrogen-bond donors (Lipinski definition) is 2. The summed E-state index contributed by atoms with van der Waals surface area (Å²) in [5, 5.41) is 19.3. The summed E-state index contributed by atoms with van der Waals surface area (Å²) in [4.78, 5) is 16.9. The molecule has 2 aromatic rings. The Morgan fingerprint density at radius 1 is 1.18 bits per heavy atom. The minimum atomic E-state index is -0.231. The second-order valence-electron chi connectivity index (χ2n) is 5.04. The molecule has 0 aromatic heterocycles. The molecular weight excluding hydrogens is 282 g/mol. The molecule has 2 aromatic carbocycles. The van der Waals surface area contributed by atoms with Crippen molar-refractivity contribution >= 4 is 11.5 Å². The van der Waals surface area contributed by atoms with Crippen LogP contribution in [0.4, 0.5) is 0 Å². The average molecular weight is 297 g/mol. The molecule has 5 nitrogen and oxygen atoms in total. The van der Waals surface area contributed by atoms with E-state index in [1.807, 2.05) is 0 Å². The fraction of sp³-hybridized carbons (Fsp3) is 0.176. The number of fused-ring (bicyclic) bond motifs is 1. The molecule has 0 unspecified atom stereocenters. The monoisotopic (exact) mass is 297 g/mol. The van der Waals surface area contributed by atoms with Gasteiger partial charge in [-0.05, 0) is 48.4 Å². The third kappa shape index (κ3) is 2.41. The molecule has 112 valence electrons. The Hall–Kier alpha value is -2.82. The van der Waals surface area contributed by atoms with Gasteiger partial charge in [-0.1, -0.05) is 0 Å². The summed E-state index contributed by atoms with van der Waals surface area (Å²) in [6, 6.07) is 9.29. The normalized spacial score (nSPS) is 13.2. The molecule has 0 amide bonds. The van der Waals surface area contributed by atoms with E-state index in [1.54, 1.807) is 18.2 Å². The van der Waals surface area contributed by atoms with Gasteiger partial charge in [0.1, 0.15) is 11.5 Å². The van der Waals surface area contributed by atoms with E-state index < -0.39 is 0 Å². The lowest BCUT2D eigenvalue weighted by Crippen LogP contribution is -2.22. The van der Waals surface area contributed by atoms with Crippen LogP contribution in [-0.4, -0.2) is 35.4 Å². The van der Waals surface area contributed by atoms with E-state index in [1.165, 1.54) is 25.3 Å². The van der Waals surface area contributed by atoms with Crippen LogP contribution in [0.25, 0.3) is 0 Å². The van der Waals surface area contributed by atoms with Gasteiger partial charge in [-0.25, -0.2) is 0 Å². The molecule has 3 rings (SSSR count). The van der Waals surface area contributed by atoms with Gasteiger partial charge in [-0.15, -0.1) is 0 Å². The lowest BCUT2D eigenvalue weighted by atomic mass is 9.92. The van der Waals surface area contributed by atoms with Gasteiger partial charge >= 0.3 is 0 Å². The van der Waals surface area contributed by atoms with Gasteiger partial charge in [0.15, 0.2) is 11.5 Å². The Morgan fingerprint density at radius 3 is 2.59 bits per heavy atom. The fourth-order valence-electron chi connectivity index (χ4n) is 2.52. The third-order valence-corrected chi connectivity index (χ3v) is 3.66. The summed E-state index contributed by atoms with van der Waals surface area (Å²) in [6.07, 6.45) is 0.693. The van der Waals surface area contributed by atoms with E-state index in [9.17, 15) is 15.0 Å². The SMILES string of the molecule is COc1cc2c(cc1O)C(C(=O)c1ccc(O)cc1)=NCC2. The van der Waals surface area contributed by atoms with Crippen molar-refractivity contribution in [3.63, 3.8) is 0 Å². The summed E-state index contributed by atoms with van der Waals surface area (Å²) in [7, 11) is 1.49. The first-order chi connectivity index (χ1) is 10.6. The summed E-state index contributed by atoms with van der Waals surface area (Å²) < 4.78 is 5.10. The Bertz CT molecular complexity index is 763. The first kappa shape index (κ1) is 14.1. The second-order valence-corrected chi connectivity index (χ2v) is 5.04. The highest BCUT2D eigenvalue weighted by Gasteiger charge is 2.23. The number of phenolic OH excluding ortho intramolecular Hbond substituents is 2. The summed E-state index contributed by atoms with van der Waals surface area (Å²) in [5.41, 5.74) is 2.32. The number of Topliss-reactive ketones (excluding diaryl/α,β-unsaturated/α-hetero) is 1. The topological polar surface area (TPSA) is 79.1 Å². The molecule has 0 radical (unpaired) electrons. The molecule has 2 N–H and O–H groups in total. The van der Waals surface area contributed by atoms with Crippen LogP contribution in [0.3, 0.4) is 0 Å². The van der Waals surface area contributed by atoms with Gasteiger partial charge in [0.2, 0.25) is 5.78 Å². The third-order valence-electron chi connectivity index (χ3n) is 3.66. The first-order valence-corrected chi connectivity index (χ1v) is 6.88. The van der Waals surface area contributed by atoms with Gasteiger partial charge in [0.05, 0.1) is 7.11 Å². The lowest BCUT2D eigenvalue weighted by Gasteiger charge is -2.18. The number of methoxy groups -OCH3 is 1. The van der Waals surface area contributed by atoms with E-state index in [4.69, 9.17) is 4.74 Å². The molecular formula is C17H15NO4. The highest BCUT2D eigenvalue weighted by Crippen LogP contribution is 2.32. The number of phenols is 2. The zero-order valence-electron chi connectivity index (χ0n) is 12.0. The maximum absolute atomic E-state index is 12.6. The van der Waals surface area contributed by atoms with Crippen LogP contribution < -0.4 is 4.74 Å². The van der Waals surface area contributed by atoms with Crippen LogP contribution in [0, 0.1) is 0 Å². The first-order valence-electron chi connectivity index (χ1n) is 6.88. The van der Waals surface area contributed by atoms with Gasteiger partial charge < -0.3 is 14.9 Å². The van der Waals surface area contributed by atoms with Crippen molar-refractivity contribution in [1.29, 1.82) is 0 Å². The Labute approximate surface area is 127 Å². The molecule has 0 aliphatic carbocycles. The molecule has 0 saturated carbocycles. The lowest BCUT2D eigenvalue weighted by molar-refractivity contribution is 0.106. The van der Waals surface area contributed by atoms with Crippen molar-refractivity contribution in [3.05, 3.63) is 53.1 Å². The highest BCUT2D eigenvalue weighted by molar-refractivity contribution is 6.52. The number of hydrogen-bond acceptors (Lipinski definition) is 5. The van der Waals surface area contributed by atoms with Crippen LogP contribution in [0.5, 0.6) is 17.2 Å². The molecule has 0 fully saturated rings. The van der Waals surface area contributed by atoms with Crippen LogP contribution in [0.15, 0.2) is 41.4 Å². The molecule has 22 heavy (non-hydrogen) atoms. The quantitative estimate of drug-likeness (QED) is 0.852. The maximum atomic E-state index is 12.6. The van der Waals surface area contributed by atoms with E-state index in [-0.39, 0.29) is 17.3 Å². The number of ether oxygens (including phenoxy) is 1. The number of ketones is 1. The van der Waals surface area contributed by atoms with Crippen molar-refractivity contribution in [2.75, 3.05) is 13.7 Å². The molecule has 0 saturated heterocycles. The second kappa shape index (κ2) is 5.52. The van der Waals surface area contributed by atoms with Crippen LogP contribution >= 0.6 is 0 Å². The molecule has 1 aliphatic rings. The number of carbonyl (C=O) groups is 1. The van der Waals surface area contributed by atoms with Crippen molar-refractivity contribution in [3.8, 4) is 17.2 Å². The summed E-state index contributed by atoms with van der Waals surface area (Å²) in [6.45, 7) is 0.514. The Balaban J connectivity index is 2.03. The number of aliphatic imine (C=N–C) groups is 1.